The zero-order valence-corrected chi connectivity index (χ0v) is 7.54. The van der Waals surface area contributed by atoms with Crippen LogP contribution < -0.4 is 0 Å². The third-order valence-electron chi connectivity index (χ3n) is 0.945. The van der Waals surface area contributed by atoms with E-state index < -0.39 is 0 Å². The largest absolute Gasteiger partial charge is 0.300 e. The lowest BCUT2D eigenvalue weighted by Crippen LogP contribution is -1.80. The molecule has 0 unspecified atom stereocenters. The lowest BCUT2D eigenvalue weighted by Gasteiger charge is -1.91. The van der Waals surface area contributed by atoms with Crippen molar-refractivity contribution in [3.8, 4) is 0 Å². The summed E-state index contributed by atoms with van der Waals surface area (Å²) in [6.45, 7) is 2.12. The van der Waals surface area contributed by atoms with Crippen LogP contribution in [0.1, 0.15) is 26.2 Å². The zero-order valence-electron chi connectivity index (χ0n) is 5.91. The van der Waals surface area contributed by atoms with E-state index >= 15 is 0 Å². The first-order valence-corrected chi connectivity index (χ1v) is 5.49. The van der Waals surface area contributed by atoms with Gasteiger partial charge in [0.2, 0.25) is 0 Å². The maximum absolute atomic E-state index is 9.78. The molecular formula is C5H11NO2S2. The molecule has 10 heavy (non-hydrogen) atoms. The van der Waals surface area contributed by atoms with E-state index in [4.69, 9.17) is 0 Å². The quantitative estimate of drug-likeness (QED) is 0.208. The predicted molar refractivity (Wildman–Crippen MR) is 46.6 cm³/mol. The Bertz CT molecular complexity index is 99.6. The minimum atomic E-state index is -0.364. The number of nitro groups is 1. The van der Waals surface area contributed by atoms with E-state index in [1.54, 1.807) is 0 Å². The van der Waals surface area contributed by atoms with Gasteiger partial charge >= 0.3 is 0 Å². The summed E-state index contributed by atoms with van der Waals surface area (Å²) in [5.74, 6) is 0.888. The van der Waals surface area contributed by atoms with Gasteiger partial charge in [-0.25, -0.2) is 10.1 Å². The van der Waals surface area contributed by atoms with Crippen LogP contribution in [0.15, 0.2) is 0 Å². The highest BCUT2D eigenvalue weighted by Crippen LogP contribution is 2.22. The van der Waals surface area contributed by atoms with E-state index in [9.17, 15) is 10.1 Å². The van der Waals surface area contributed by atoms with E-state index in [1.165, 1.54) is 23.6 Å². The van der Waals surface area contributed by atoms with Crippen molar-refractivity contribution in [3.05, 3.63) is 10.1 Å². The third kappa shape index (κ3) is 8.10. The van der Waals surface area contributed by atoms with Crippen LogP contribution >= 0.6 is 21.8 Å². The van der Waals surface area contributed by atoms with Crippen LogP contribution in [-0.4, -0.2) is 10.1 Å². The third-order valence-corrected chi connectivity index (χ3v) is 2.81. The topological polar surface area (TPSA) is 43.1 Å². The molecule has 0 saturated carbocycles. The van der Waals surface area contributed by atoms with Crippen molar-refractivity contribution in [3.63, 3.8) is 0 Å². The van der Waals surface area contributed by atoms with E-state index in [1.807, 2.05) is 0 Å². The molecule has 0 fully saturated rings. The Morgan fingerprint density at radius 2 is 2.20 bits per heavy atom. The van der Waals surface area contributed by atoms with Crippen molar-refractivity contribution in [2.75, 3.05) is 5.75 Å². The standard InChI is InChI=1S/C5H11NO2S2/c1-2-3-4-5-9-10-6(7)8/h2-5H2,1H3. The van der Waals surface area contributed by atoms with Gasteiger partial charge in [-0.2, -0.15) is 0 Å². The summed E-state index contributed by atoms with van der Waals surface area (Å²) in [5.41, 5.74) is 0. The Kier molecular flexibility index (Phi) is 7.28. The van der Waals surface area contributed by atoms with Crippen LogP contribution in [0.25, 0.3) is 0 Å². The number of unbranched alkanes of at least 4 members (excludes halogenated alkanes) is 2. The van der Waals surface area contributed by atoms with Gasteiger partial charge in [0.25, 0.3) is 11.0 Å². The first kappa shape index (κ1) is 10.1. The molecule has 0 aliphatic heterocycles. The second kappa shape index (κ2) is 7.21. The van der Waals surface area contributed by atoms with E-state index in [0.29, 0.717) is 0 Å². The minimum Gasteiger partial charge on any atom is -0.250 e. The number of nitrogens with zero attached hydrogens (tertiary/aromatic N) is 1. The number of hydrogen-bond acceptors (Lipinski definition) is 4. The average Bonchev–Trinajstić information content (AvgIpc) is 1.87. The number of rotatable bonds is 6. The van der Waals surface area contributed by atoms with Gasteiger partial charge in [0.15, 0.2) is 0 Å². The smallest absolute Gasteiger partial charge is 0.250 e. The molecule has 0 aromatic heterocycles. The molecule has 0 radical (unpaired) electrons. The fourth-order valence-corrected chi connectivity index (χ4v) is 1.81. The van der Waals surface area contributed by atoms with Crippen LogP contribution in [0, 0.1) is 10.1 Å². The summed E-state index contributed by atoms with van der Waals surface area (Å²) in [6.07, 6.45) is 3.43. The first-order valence-electron chi connectivity index (χ1n) is 3.21. The molecule has 0 heterocycles. The van der Waals surface area contributed by atoms with Crippen molar-refractivity contribution in [1.29, 1.82) is 0 Å². The fourth-order valence-electron chi connectivity index (χ4n) is 0.491. The van der Waals surface area contributed by atoms with Crippen molar-refractivity contribution in [1.82, 2.24) is 0 Å². The molecule has 0 amide bonds. The van der Waals surface area contributed by atoms with Crippen LogP contribution in [0.4, 0.5) is 0 Å². The van der Waals surface area contributed by atoms with Gasteiger partial charge in [-0.3, -0.25) is 0 Å². The fraction of sp³-hybridized carbons (Fsp3) is 1.00. The summed E-state index contributed by atoms with van der Waals surface area (Å²) in [7, 11) is 2.04. The van der Waals surface area contributed by atoms with Gasteiger partial charge in [0.1, 0.15) is 4.33 Å². The highest BCUT2D eigenvalue weighted by atomic mass is 33.1. The molecule has 0 saturated heterocycles. The monoisotopic (exact) mass is 181 g/mol. The predicted octanol–water partition coefficient (Wildman–Crippen LogP) is 2.75. The van der Waals surface area contributed by atoms with Gasteiger partial charge in [-0.15, -0.1) is 0 Å². The van der Waals surface area contributed by atoms with Gasteiger partial charge in [-0.1, -0.05) is 19.8 Å². The Balaban J connectivity index is 2.84. The molecule has 0 aromatic rings. The Morgan fingerprint density at radius 3 is 2.70 bits per heavy atom. The van der Waals surface area contributed by atoms with Crippen LogP contribution in [0.5, 0.6) is 0 Å². The Hall–Kier alpha value is 0.1000. The van der Waals surface area contributed by atoms with E-state index in [-0.39, 0.29) is 4.33 Å². The van der Waals surface area contributed by atoms with E-state index in [0.717, 1.165) is 23.2 Å². The van der Waals surface area contributed by atoms with Gasteiger partial charge in [-0.05, 0) is 17.2 Å². The normalized spacial score (nSPS) is 9.70. The molecule has 0 rings (SSSR count). The van der Waals surface area contributed by atoms with Gasteiger partial charge < -0.3 is 0 Å². The van der Waals surface area contributed by atoms with Gasteiger partial charge in [0.05, 0.1) is 0 Å². The minimum absolute atomic E-state index is 0.364. The van der Waals surface area contributed by atoms with E-state index in [2.05, 4.69) is 6.92 Å². The molecule has 0 aromatic carbocycles. The van der Waals surface area contributed by atoms with Crippen LogP contribution in [0.2, 0.25) is 0 Å². The molecule has 0 spiro atoms. The van der Waals surface area contributed by atoms with Crippen LogP contribution in [-0.2, 0) is 0 Å². The van der Waals surface area contributed by atoms with Crippen molar-refractivity contribution in [2.45, 2.75) is 26.2 Å². The summed E-state index contributed by atoms with van der Waals surface area (Å²) >= 11 is 0. The lowest BCUT2D eigenvalue weighted by molar-refractivity contribution is -0.280. The molecule has 5 heteroatoms. The molecule has 60 valence electrons. The maximum Gasteiger partial charge on any atom is 0.300 e. The maximum atomic E-state index is 9.78. The first-order chi connectivity index (χ1) is 4.77. The second-order valence-corrected chi connectivity index (χ2v) is 4.07. The highest BCUT2D eigenvalue weighted by molar-refractivity contribution is 8.74. The molecule has 0 aliphatic rings. The average molecular weight is 181 g/mol. The molecule has 3 nitrogen and oxygen atoms in total. The lowest BCUT2D eigenvalue weighted by atomic mass is 10.3. The molecule has 0 atom stereocenters. The zero-order chi connectivity index (χ0) is 7.82. The molecule has 0 bridgehead atoms. The van der Waals surface area contributed by atoms with Crippen molar-refractivity contribution < 1.29 is 4.33 Å². The second-order valence-electron chi connectivity index (χ2n) is 1.83. The van der Waals surface area contributed by atoms with Crippen molar-refractivity contribution in [2.24, 2.45) is 0 Å². The summed E-state index contributed by atoms with van der Waals surface area (Å²) in [5, 5.41) is 9.78. The van der Waals surface area contributed by atoms with Crippen molar-refractivity contribution >= 4 is 21.8 Å². The number of hydrogen-bond donors (Lipinski definition) is 0. The Labute approximate surface area is 68.6 Å². The highest BCUT2D eigenvalue weighted by Gasteiger charge is 1.99. The molecule has 0 aliphatic carbocycles. The Morgan fingerprint density at radius 1 is 1.50 bits per heavy atom. The summed E-state index contributed by atoms with van der Waals surface area (Å²) < 4.78 is -0.364. The summed E-state index contributed by atoms with van der Waals surface area (Å²) in [4.78, 5) is 9.78. The molecule has 0 N–H and O–H groups in total. The van der Waals surface area contributed by atoms with Crippen LogP contribution in [0.3, 0.4) is 0 Å². The summed E-state index contributed by atoms with van der Waals surface area (Å²) in [6, 6.07) is 0. The SMILES string of the molecule is CCCCCSS[N+](=O)[O-]. The molecular weight excluding hydrogens is 170 g/mol. The van der Waals surface area contributed by atoms with Gasteiger partial charge in [0, 0.05) is 5.75 Å².